The van der Waals surface area contributed by atoms with Crippen molar-refractivity contribution in [3.05, 3.63) is 36.0 Å². The van der Waals surface area contributed by atoms with Gasteiger partial charge in [0, 0.05) is 49.6 Å². The Hall–Kier alpha value is -2.90. The van der Waals surface area contributed by atoms with Gasteiger partial charge in [-0.25, -0.2) is 0 Å². The van der Waals surface area contributed by atoms with E-state index in [0.717, 1.165) is 18.5 Å². The number of ether oxygens (including phenoxy) is 1. The summed E-state index contributed by atoms with van der Waals surface area (Å²) in [7, 11) is 1.60. The highest BCUT2D eigenvalue weighted by atomic mass is 16.5. The number of nitrogens with zero attached hydrogens (tertiary/aromatic N) is 4. The van der Waals surface area contributed by atoms with E-state index in [1.165, 1.54) is 0 Å². The van der Waals surface area contributed by atoms with Crippen molar-refractivity contribution in [1.29, 1.82) is 0 Å². The van der Waals surface area contributed by atoms with Crippen molar-refractivity contribution in [2.75, 3.05) is 31.6 Å². The minimum Gasteiger partial charge on any atom is -0.497 e. The molecule has 2 fully saturated rings. The third-order valence-electron chi connectivity index (χ3n) is 5.95. The van der Waals surface area contributed by atoms with Gasteiger partial charge in [-0.3, -0.25) is 9.59 Å². The lowest BCUT2D eigenvalue weighted by molar-refractivity contribution is -0.136. The summed E-state index contributed by atoms with van der Waals surface area (Å²) in [6.07, 6.45) is 1.84. The molecule has 3 heterocycles. The van der Waals surface area contributed by atoms with Crippen LogP contribution in [0.4, 0.5) is 5.69 Å². The van der Waals surface area contributed by atoms with Crippen molar-refractivity contribution < 1.29 is 18.7 Å². The number of carbonyl (C=O) groups is 2. The second-order valence-corrected chi connectivity index (χ2v) is 8.34. The van der Waals surface area contributed by atoms with Crippen molar-refractivity contribution in [1.82, 2.24) is 15.1 Å². The Morgan fingerprint density at radius 2 is 2.00 bits per heavy atom. The summed E-state index contributed by atoms with van der Waals surface area (Å²) in [5.74, 6) is 2.14. The fourth-order valence-electron chi connectivity index (χ4n) is 4.15. The summed E-state index contributed by atoms with van der Waals surface area (Å²) in [6, 6.07) is 7.38. The molecule has 0 bridgehead atoms. The normalized spacial score (nSPS) is 20.3. The molecule has 1 atom stereocenters. The van der Waals surface area contributed by atoms with Gasteiger partial charge in [0.2, 0.25) is 23.6 Å². The van der Waals surface area contributed by atoms with E-state index < -0.39 is 0 Å². The Balaban J connectivity index is 1.35. The summed E-state index contributed by atoms with van der Waals surface area (Å²) >= 11 is 0. The maximum atomic E-state index is 13.1. The standard InChI is InChI=1S/C22H28N4O4/c1-14(2)20-23-24-21(30-20)15-7-9-25(10-8-15)22(28)16-11-19(27)26(13-16)17-5-4-6-18(12-17)29-3/h4-6,12,14-16H,7-11,13H2,1-3H3. The van der Waals surface area contributed by atoms with Crippen molar-refractivity contribution in [2.45, 2.75) is 44.9 Å². The van der Waals surface area contributed by atoms with Crippen LogP contribution in [0.15, 0.2) is 28.7 Å². The minimum absolute atomic E-state index is 0.0245. The molecule has 160 valence electrons. The quantitative estimate of drug-likeness (QED) is 0.750. The van der Waals surface area contributed by atoms with Crippen LogP contribution in [0.2, 0.25) is 0 Å². The molecule has 2 aliphatic heterocycles. The first-order valence-electron chi connectivity index (χ1n) is 10.5. The SMILES string of the molecule is COc1cccc(N2CC(C(=O)N3CCC(c4nnc(C(C)C)o4)CC3)CC2=O)c1. The predicted octanol–water partition coefficient (Wildman–Crippen LogP) is 2.96. The number of methoxy groups -OCH3 is 1. The van der Waals surface area contributed by atoms with Crippen molar-refractivity contribution in [2.24, 2.45) is 5.92 Å². The van der Waals surface area contributed by atoms with Crippen LogP contribution in [0.25, 0.3) is 0 Å². The molecule has 2 amide bonds. The summed E-state index contributed by atoms with van der Waals surface area (Å²) < 4.78 is 11.0. The molecule has 30 heavy (non-hydrogen) atoms. The lowest BCUT2D eigenvalue weighted by atomic mass is 9.95. The first-order chi connectivity index (χ1) is 14.5. The highest BCUT2D eigenvalue weighted by Gasteiger charge is 2.38. The monoisotopic (exact) mass is 412 g/mol. The zero-order valence-electron chi connectivity index (χ0n) is 17.7. The Morgan fingerprint density at radius 3 is 2.67 bits per heavy atom. The van der Waals surface area contributed by atoms with Gasteiger partial charge >= 0.3 is 0 Å². The first kappa shape index (κ1) is 20.4. The third kappa shape index (κ3) is 4.04. The Labute approximate surface area is 176 Å². The number of amides is 2. The predicted molar refractivity (Wildman–Crippen MR) is 110 cm³/mol. The Kier molecular flexibility index (Phi) is 5.74. The number of hydrogen-bond donors (Lipinski definition) is 0. The van der Waals surface area contributed by atoms with Gasteiger partial charge in [0.25, 0.3) is 0 Å². The lowest BCUT2D eigenvalue weighted by Gasteiger charge is -2.32. The molecule has 1 unspecified atom stereocenters. The second-order valence-electron chi connectivity index (χ2n) is 8.34. The molecule has 8 nitrogen and oxygen atoms in total. The maximum absolute atomic E-state index is 13.1. The van der Waals surface area contributed by atoms with Crippen molar-refractivity contribution >= 4 is 17.5 Å². The number of benzene rings is 1. The highest BCUT2D eigenvalue weighted by Crippen LogP contribution is 2.32. The third-order valence-corrected chi connectivity index (χ3v) is 5.95. The Bertz CT molecular complexity index is 917. The molecular weight excluding hydrogens is 384 g/mol. The molecule has 2 aromatic rings. The number of anilines is 1. The number of rotatable bonds is 5. The highest BCUT2D eigenvalue weighted by molar-refractivity contribution is 6.00. The fourth-order valence-corrected chi connectivity index (χ4v) is 4.15. The number of hydrogen-bond acceptors (Lipinski definition) is 6. The summed E-state index contributed by atoms with van der Waals surface area (Å²) in [6.45, 7) is 5.75. The van der Waals surface area contributed by atoms with Gasteiger partial charge < -0.3 is 19.0 Å². The summed E-state index contributed by atoms with van der Waals surface area (Å²) in [5, 5.41) is 8.31. The van der Waals surface area contributed by atoms with Gasteiger partial charge in [-0.1, -0.05) is 19.9 Å². The molecule has 8 heteroatoms. The van der Waals surface area contributed by atoms with Crippen molar-refractivity contribution in [3.63, 3.8) is 0 Å². The van der Waals surface area contributed by atoms with Gasteiger partial charge in [0.15, 0.2) is 0 Å². The van der Waals surface area contributed by atoms with Gasteiger partial charge in [-0.2, -0.15) is 0 Å². The molecule has 0 N–H and O–H groups in total. The van der Waals surface area contributed by atoms with Gasteiger partial charge in [-0.15, -0.1) is 10.2 Å². The second kappa shape index (κ2) is 8.45. The van der Waals surface area contributed by atoms with Crippen LogP contribution in [0.5, 0.6) is 5.75 Å². The molecule has 0 radical (unpaired) electrons. The molecule has 0 spiro atoms. The zero-order valence-corrected chi connectivity index (χ0v) is 17.7. The number of aromatic nitrogens is 2. The molecule has 1 aromatic carbocycles. The van der Waals surface area contributed by atoms with Crippen LogP contribution in [0, 0.1) is 5.92 Å². The lowest BCUT2D eigenvalue weighted by Crippen LogP contribution is -2.42. The fraction of sp³-hybridized carbons (Fsp3) is 0.545. The summed E-state index contributed by atoms with van der Waals surface area (Å²) in [5.41, 5.74) is 0.769. The molecular formula is C22H28N4O4. The van der Waals surface area contributed by atoms with Gasteiger partial charge in [0.05, 0.1) is 13.0 Å². The number of likely N-dealkylation sites (tertiary alicyclic amines) is 1. The van der Waals surface area contributed by atoms with E-state index in [0.29, 0.717) is 37.2 Å². The average molecular weight is 412 g/mol. The van der Waals surface area contributed by atoms with Crippen LogP contribution in [-0.4, -0.2) is 53.7 Å². The van der Waals surface area contributed by atoms with E-state index in [1.807, 2.05) is 43.0 Å². The molecule has 2 saturated heterocycles. The van der Waals surface area contributed by atoms with Crippen LogP contribution < -0.4 is 9.64 Å². The topological polar surface area (TPSA) is 88.8 Å². The van der Waals surface area contributed by atoms with E-state index in [-0.39, 0.29) is 36.0 Å². The van der Waals surface area contributed by atoms with E-state index in [1.54, 1.807) is 12.0 Å². The zero-order chi connectivity index (χ0) is 21.3. The van der Waals surface area contributed by atoms with Crippen LogP contribution >= 0.6 is 0 Å². The molecule has 2 aliphatic rings. The summed E-state index contributed by atoms with van der Waals surface area (Å²) in [4.78, 5) is 29.2. The molecule has 0 aliphatic carbocycles. The van der Waals surface area contributed by atoms with Gasteiger partial charge in [0.1, 0.15) is 5.75 Å². The van der Waals surface area contributed by atoms with E-state index in [4.69, 9.17) is 9.15 Å². The molecule has 1 aromatic heterocycles. The van der Waals surface area contributed by atoms with Gasteiger partial charge in [-0.05, 0) is 25.0 Å². The van der Waals surface area contributed by atoms with E-state index in [2.05, 4.69) is 10.2 Å². The molecule has 0 saturated carbocycles. The average Bonchev–Trinajstić information content (AvgIpc) is 3.41. The first-order valence-corrected chi connectivity index (χ1v) is 10.5. The van der Waals surface area contributed by atoms with Crippen LogP contribution in [-0.2, 0) is 9.59 Å². The van der Waals surface area contributed by atoms with E-state index in [9.17, 15) is 9.59 Å². The van der Waals surface area contributed by atoms with Crippen LogP contribution in [0.3, 0.4) is 0 Å². The minimum atomic E-state index is -0.309. The smallest absolute Gasteiger partial charge is 0.228 e. The van der Waals surface area contributed by atoms with Crippen LogP contribution in [0.1, 0.15) is 56.7 Å². The van der Waals surface area contributed by atoms with E-state index >= 15 is 0 Å². The number of piperidine rings is 1. The molecule has 4 rings (SSSR count). The maximum Gasteiger partial charge on any atom is 0.228 e. The Morgan fingerprint density at radius 1 is 1.23 bits per heavy atom. The number of carbonyl (C=O) groups excluding carboxylic acids is 2. The largest absolute Gasteiger partial charge is 0.497 e. The van der Waals surface area contributed by atoms with Crippen molar-refractivity contribution in [3.8, 4) is 5.75 Å².